The molecule has 0 unspecified atom stereocenters. The highest BCUT2D eigenvalue weighted by molar-refractivity contribution is 7.89. The highest BCUT2D eigenvalue weighted by atomic mass is 35.5. The number of amides is 1. The Kier molecular flexibility index (Phi) is 7.89. The zero-order valence-electron chi connectivity index (χ0n) is 17.1. The highest BCUT2D eigenvalue weighted by Gasteiger charge is 2.20. The van der Waals surface area contributed by atoms with Gasteiger partial charge < -0.3 is 5.32 Å². The summed E-state index contributed by atoms with van der Waals surface area (Å²) in [7, 11) is -2.33. The van der Waals surface area contributed by atoms with Crippen LogP contribution in [0.15, 0.2) is 59.6 Å². The van der Waals surface area contributed by atoms with E-state index in [1.54, 1.807) is 35.1 Å². The molecule has 1 aromatic heterocycles. The van der Waals surface area contributed by atoms with E-state index in [1.165, 1.54) is 19.2 Å². The van der Waals surface area contributed by atoms with E-state index < -0.39 is 15.8 Å². The molecule has 11 heteroatoms. The monoisotopic (exact) mass is 498 g/mol. The number of sulfonamides is 1. The number of hydrogen-bond donors (Lipinski definition) is 1. The molecule has 3 rings (SSSR count). The number of anilines is 1. The fourth-order valence-electron chi connectivity index (χ4n) is 2.95. The minimum atomic E-state index is -3.75. The van der Waals surface area contributed by atoms with Gasteiger partial charge in [0.25, 0.3) is 0 Å². The van der Waals surface area contributed by atoms with E-state index in [1.807, 2.05) is 0 Å². The summed E-state index contributed by atoms with van der Waals surface area (Å²) >= 11 is 12.1. The van der Waals surface area contributed by atoms with Gasteiger partial charge in [-0.15, -0.1) is 0 Å². The smallest absolute Gasteiger partial charge is 0.242 e. The molecule has 170 valence electrons. The largest absolute Gasteiger partial charge is 0.311 e. The molecule has 1 amide bonds. The van der Waals surface area contributed by atoms with Gasteiger partial charge in [-0.25, -0.2) is 21.8 Å². The molecule has 7 nitrogen and oxygen atoms in total. The average molecular weight is 499 g/mol. The van der Waals surface area contributed by atoms with Crippen LogP contribution in [0.25, 0.3) is 0 Å². The number of nitrogens with zero attached hydrogens (tertiary/aromatic N) is 3. The number of benzene rings is 2. The lowest BCUT2D eigenvalue weighted by atomic mass is 10.2. The second kappa shape index (κ2) is 10.4. The average Bonchev–Trinajstić information content (AvgIpc) is 3.16. The van der Waals surface area contributed by atoms with E-state index in [4.69, 9.17) is 23.2 Å². The van der Waals surface area contributed by atoms with Crippen molar-refractivity contribution >= 4 is 45.0 Å². The van der Waals surface area contributed by atoms with Crippen molar-refractivity contribution in [1.29, 1.82) is 0 Å². The summed E-state index contributed by atoms with van der Waals surface area (Å²) in [5, 5.41) is 8.00. The standard InChI is InChI=1S/C21H21Cl2FN4O3S/c1-27(32(30,31)18-8-6-17(24)7-9-18)12-2-3-21(29)26-20-10-11-25-28(20)14-15-4-5-16(22)13-19(15)23/h4-11,13H,2-3,12,14H2,1H3,(H,26,29). The molecule has 3 aromatic rings. The molecule has 0 spiro atoms. The highest BCUT2D eigenvalue weighted by Crippen LogP contribution is 2.23. The molecule has 0 saturated carbocycles. The van der Waals surface area contributed by atoms with Gasteiger partial charge in [0.1, 0.15) is 11.6 Å². The van der Waals surface area contributed by atoms with Crippen LogP contribution in [0, 0.1) is 5.82 Å². The molecule has 1 heterocycles. The summed E-state index contributed by atoms with van der Waals surface area (Å²) in [6, 6.07) is 11.4. The van der Waals surface area contributed by atoms with Gasteiger partial charge in [-0.05, 0) is 48.4 Å². The SMILES string of the molecule is CN(CCCC(=O)Nc1ccnn1Cc1ccc(Cl)cc1Cl)S(=O)(=O)c1ccc(F)cc1. The van der Waals surface area contributed by atoms with Crippen molar-refractivity contribution in [2.75, 3.05) is 18.9 Å². The van der Waals surface area contributed by atoms with Gasteiger partial charge >= 0.3 is 0 Å². The van der Waals surface area contributed by atoms with Crippen molar-refractivity contribution in [2.45, 2.75) is 24.3 Å². The van der Waals surface area contributed by atoms with E-state index >= 15 is 0 Å². The third-order valence-corrected chi connectivity index (χ3v) is 7.18. The van der Waals surface area contributed by atoms with Crippen molar-refractivity contribution in [3.8, 4) is 0 Å². The Balaban J connectivity index is 1.53. The molecule has 0 atom stereocenters. The maximum Gasteiger partial charge on any atom is 0.242 e. The number of aromatic nitrogens is 2. The maximum atomic E-state index is 13.0. The van der Waals surface area contributed by atoms with Crippen molar-refractivity contribution < 1.29 is 17.6 Å². The van der Waals surface area contributed by atoms with Crippen LogP contribution in [0.3, 0.4) is 0 Å². The number of rotatable bonds is 9. The van der Waals surface area contributed by atoms with Crippen molar-refractivity contribution in [3.63, 3.8) is 0 Å². The molecular weight excluding hydrogens is 478 g/mol. The molecular formula is C21H21Cl2FN4O3S. The Hall–Kier alpha value is -2.46. The molecule has 0 fully saturated rings. The predicted octanol–water partition coefficient (Wildman–Crippen LogP) is 4.42. The van der Waals surface area contributed by atoms with E-state index in [-0.39, 0.29) is 23.8 Å². The fourth-order valence-corrected chi connectivity index (χ4v) is 4.63. The zero-order chi connectivity index (χ0) is 23.3. The number of carbonyl (C=O) groups is 1. The summed E-state index contributed by atoms with van der Waals surface area (Å²) in [5.74, 6) is -0.296. The normalized spacial score (nSPS) is 11.7. The molecule has 0 saturated heterocycles. The van der Waals surface area contributed by atoms with Gasteiger partial charge in [-0.3, -0.25) is 4.79 Å². The van der Waals surface area contributed by atoms with E-state index in [0.29, 0.717) is 28.8 Å². The number of halogens is 3. The van der Waals surface area contributed by atoms with Crippen LogP contribution in [0.2, 0.25) is 10.0 Å². The predicted molar refractivity (Wildman–Crippen MR) is 122 cm³/mol. The zero-order valence-corrected chi connectivity index (χ0v) is 19.5. The summed E-state index contributed by atoms with van der Waals surface area (Å²) in [4.78, 5) is 12.4. The Morgan fingerprint density at radius 2 is 1.88 bits per heavy atom. The topological polar surface area (TPSA) is 84.3 Å². The minimum absolute atomic E-state index is 0.00406. The van der Waals surface area contributed by atoms with E-state index in [2.05, 4.69) is 10.4 Å². The van der Waals surface area contributed by atoms with E-state index in [9.17, 15) is 17.6 Å². The molecule has 2 aromatic carbocycles. The summed E-state index contributed by atoms with van der Waals surface area (Å²) in [6.07, 6.45) is 1.97. The lowest BCUT2D eigenvalue weighted by molar-refractivity contribution is -0.116. The first kappa shape index (κ1) is 24.2. The van der Waals surface area contributed by atoms with Crippen LogP contribution in [0.5, 0.6) is 0 Å². The van der Waals surface area contributed by atoms with Crippen LogP contribution < -0.4 is 5.32 Å². The summed E-state index contributed by atoms with van der Waals surface area (Å²) in [6.45, 7) is 0.476. The third-order valence-electron chi connectivity index (χ3n) is 4.72. The third kappa shape index (κ3) is 6.07. The molecule has 0 radical (unpaired) electrons. The lowest BCUT2D eigenvalue weighted by Gasteiger charge is -2.17. The lowest BCUT2D eigenvalue weighted by Crippen LogP contribution is -2.28. The second-order valence-electron chi connectivity index (χ2n) is 7.04. The van der Waals surface area contributed by atoms with Gasteiger partial charge in [0.2, 0.25) is 15.9 Å². The second-order valence-corrected chi connectivity index (χ2v) is 9.93. The van der Waals surface area contributed by atoms with Gasteiger partial charge in [0.05, 0.1) is 17.6 Å². The molecule has 32 heavy (non-hydrogen) atoms. The van der Waals surface area contributed by atoms with Crippen LogP contribution in [0.1, 0.15) is 18.4 Å². The number of hydrogen-bond acceptors (Lipinski definition) is 4. The number of carbonyl (C=O) groups excluding carboxylic acids is 1. The Morgan fingerprint density at radius 1 is 1.16 bits per heavy atom. The fraction of sp³-hybridized carbons (Fsp3) is 0.238. The quantitative estimate of drug-likeness (QED) is 0.473. The van der Waals surface area contributed by atoms with Crippen molar-refractivity contribution in [1.82, 2.24) is 14.1 Å². The Bertz CT molecular complexity index is 1200. The summed E-state index contributed by atoms with van der Waals surface area (Å²) < 4.78 is 40.8. The first-order valence-corrected chi connectivity index (χ1v) is 11.8. The van der Waals surface area contributed by atoms with Gasteiger partial charge in [-0.1, -0.05) is 29.3 Å². The van der Waals surface area contributed by atoms with Crippen molar-refractivity contribution in [3.05, 3.63) is 76.2 Å². The maximum absolute atomic E-state index is 13.0. The Morgan fingerprint density at radius 3 is 2.56 bits per heavy atom. The molecule has 0 aliphatic carbocycles. The molecule has 0 aliphatic heterocycles. The van der Waals surface area contributed by atoms with Gasteiger partial charge in [0.15, 0.2) is 0 Å². The van der Waals surface area contributed by atoms with Crippen LogP contribution in [-0.4, -0.2) is 42.0 Å². The van der Waals surface area contributed by atoms with E-state index in [0.717, 1.165) is 22.0 Å². The summed E-state index contributed by atoms with van der Waals surface area (Å²) in [5.41, 5.74) is 0.794. The number of nitrogens with one attached hydrogen (secondary N) is 1. The van der Waals surface area contributed by atoms with Crippen LogP contribution >= 0.6 is 23.2 Å². The first-order valence-electron chi connectivity index (χ1n) is 9.64. The van der Waals surface area contributed by atoms with Gasteiger partial charge in [-0.2, -0.15) is 5.10 Å². The minimum Gasteiger partial charge on any atom is -0.311 e. The van der Waals surface area contributed by atoms with Gasteiger partial charge in [0, 0.05) is 36.1 Å². The molecule has 0 aliphatic rings. The van der Waals surface area contributed by atoms with Crippen molar-refractivity contribution in [2.24, 2.45) is 0 Å². The molecule has 0 bridgehead atoms. The Labute approximate surface area is 195 Å². The first-order chi connectivity index (χ1) is 15.2. The van der Waals surface area contributed by atoms with Crippen LogP contribution in [0.4, 0.5) is 10.2 Å². The molecule has 1 N–H and O–H groups in total. The van der Waals surface area contributed by atoms with Crippen LogP contribution in [-0.2, 0) is 21.4 Å².